The largest absolute Gasteiger partial charge is 0.326 e. The topological polar surface area (TPSA) is 97.2 Å². The molecule has 2 aromatic carbocycles. The van der Waals surface area contributed by atoms with Gasteiger partial charge < -0.3 is 5.32 Å². The summed E-state index contributed by atoms with van der Waals surface area (Å²) in [4.78, 5) is 12.5. The van der Waals surface area contributed by atoms with Crippen LogP contribution in [0.3, 0.4) is 0 Å². The lowest BCUT2D eigenvalue weighted by atomic mass is 10.2. The van der Waals surface area contributed by atoms with E-state index in [0.717, 1.165) is 36.0 Å². The van der Waals surface area contributed by atoms with Gasteiger partial charge in [0.2, 0.25) is 15.9 Å². The van der Waals surface area contributed by atoms with Crippen LogP contribution in [0.5, 0.6) is 0 Å². The minimum absolute atomic E-state index is 0.0882. The Balaban J connectivity index is 1.38. The van der Waals surface area contributed by atoms with Crippen LogP contribution in [-0.4, -0.2) is 46.7 Å². The third-order valence-corrected chi connectivity index (χ3v) is 7.80. The molecule has 1 aliphatic rings. The third-order valence-electron chi connectivity index (χ3n) is 5.67. The first kappa shape index (κ1) is 22.7. The minimum atomic E-state index is -3.51. The smallest absolute Gasteiger partial charge is 0.243 e. The first-order chi connectivity index (χ1) is 15.3. The van der Waals surface area contributed by atoms with Crippen molar-refractivity contribution < 1.29 is 13.2 Å². The SMILES string of the molecule is Cc1cc(Cl)ccc1NC(=O)CCCn1nnc2cc(S(=O)(=O)N3CCCCC3)ccc21. The number of carbonyl (C=O) groups excluding carboxylic acids is 1. The summed E-state index contributed by atoms with van der Waals surface area (Å²) in [7, 11) is -3.51. The summed E-state index contributed by atoms with van der Waals surface area (Å²) < 4.78 is 29.0. The van der Waals surface area contributed by atoms with Crippen LogP contribution in [0.15, 0.2) is 41.3 Å². The molecular formula is C22H26ClN5O3S. The Kier molecular flexibility index (Phi) is 6.78. The van der Waals surface area contributed by atoms with E-state index in [9.17, 15) is 13.2 Å². The van der Waals surface area contributed by atoms with E-state index < -0.39 is 10.0 Å². The highest BCUT2D eigenvalue weighted by Crippen LogP contribution is 2.24. The van der Waals surface area contributed by atoms with Gasteiger partial charge in [0.05, 0.1) is 10.4 Å². The fraction of sp³-hybridized carbons (Fsp3) is 0.409. The average molecular weight is 476 g/mol. The van der Waals surface area contributed by atoms with Crippen molar-refractivity contribution in [2.45, 2.75) is 50.5 Å². The number of nitrogens with zero attached hydrogens (tertiary/aromatic N) is 4. The molecular weight excluding hydrogens is 450 g/mol. The third kappa shape index (κ3) is 4.95. The maximum Gasteiger partial charge on any atom is 0.243 e. The predicted molar refractivity (Wildman–Crippen MR) is 124 cm³/mol. The maximum absolute atomic E-state index is 12.9. The van der Waals surface area contributed by atoms with Crippen molar-refractivity contribution >= 4 is 44.3 Å². The van der Waals surface area contributed by atoms with Gasteiger partial charge in [0.25, 0.3) is 0 Å². The van der Waals surface area contributed by atoms with Crippen LogP contribution in [0, 0.1) is 6.92 Å². The number of hydrogen-bond donors (Lipinski definition) is 1. The number of aromatic nitrogens is 3. The highest BCUT2D eigenvalue weighted by Gasteiger charge is 2.26. The summed E-state index contributed by atoms with van der Waals surface area (Å²) in [6.45, 7) is 3.51. The second kappa shape index (κ2) is 9.56. The molecule has 0 saturated carbocycles. The molecule has 10 heteroatoms. The van der Waals surface area contributed by atoms with Crippen LogP contribution in [-0.2, 0) is 21.4 Å². The van der Waals surface area contributed by atoms with Gasteiger partial charge in [0, 0.05) is 36.8 Å². The molecule has 3 aromatic rings. The molecule has 2 heterocycles. The molecule has 1 aliphatic heterocycles. The van der Waals surface area contributed by atoms with Crippen LogP contribution in [0.25, 0.3) is 11.0 Å². The lowest BCUT2D eigenvalue weighted by Gasteiger charge is -2.25. The summed E-state index contributed by atoms with van der Waals surface area (Å²) in [6.07, 6.45) is 3.75. The molecule has 8 nitrogen and oxygen atoms in total. The lowest BCUT2D eigenvalue weighted by molar-refractivity contribution is -0.116. The van der Waals surface area contributed by atoms with E-state index in [1.54, 1.807) is 45.4 Å². The highest BCUT2D eigenvalue weighted by molar-refractivity contribution is 7.89. The molecule has 0 bridgehead atoms. The molecule has 0 aliphatic carbocycles. The number of anilines is 1. The standard InChI is InChI=1S/C22H26ClN5O3S/c1-16-14-17(23)7-9-19(16)24-22(29)6-5-13-28-21-10-8-18(15-20(21)25-26-28)32(30,31)27-11-3-2-4-12-27/h7-10,14-15H,2-6,11-13H2,1H3,(H,24,29). The summed E-state index contributed by atoms with van der Waals surface area (Å²) in [6, 6.07) is 10.3. The zero-order chi connectivity index (χ0) is 22.7. The van der Waals surface area contributed by atoms with Crippen LogP contribution in [0.4, 0.5) is 5.69 Å². The molecule has 0 atom stereocenters. The number of sulfonamides is 1. The number of aryl methyl sites for hydroxylation is 2. The van der Waals surface area contributed by atoms with E-state index in [1.807, 2.05) is 6.92 Å². The van der Waals surface area contributed by atoms with Crippen molar-refractivity contribution in [3.05, 3.63) is 47.0 Å². The Labute approximate surface area is 192 Å². The Hall–Kier alpha value is -2.49. The highest BCUT2D eigenvalue weighted by atomic mass is 35.5. The van der Waals surface area contributed by atoms with E-state index in [-0.39, 0.29) is 10.8 Å². The summed E-state index contributed by atoms with van der Waals surface area (Å²) in [5.41, 5.74) is 2.93. The molecule has 1 N–H and O–H groups in total. The van der Waals surface area contributed by atoms with E-state index in [0.29, 0.717) is 43.0 Å². The van der Waals surface area contributed by atoms with Crippen molar-refractivity contribution in [1.82, 2.24) is 19.3 Å². The van der Waals surface area contributed by atoms with Crippen LogP contribution < -0.4 is 5.32 Å². The number of fused-ring (bicyclic) bond motifs is 1. The maximum atomic E-state index is 12.9. The van der Waals surface area contributed by atoms with E-state index in [2.05, 4.69) is 15.6 Å². The normalized spacial score (nSPS) is 15.2. The molecule has 0 spiro atoms. The van der Waals surface area contributed by atoms with Crippen molar-refractivity contribution in [2.24, 2.45) is 0 Å². The van der Waals surface area contributed by atoms with E-state index in [1.165, 1.54) is 0 Å². The number of amides is 1. The number of rotatable bonds is 7. The van der Waals surface area contributed by atoms with Crippen molar-refractivity contribution in [3.63, 3.8) is 0 Å². The molecule has 170 valence electrons. The van der Waals surface area contributed by atoms with Crippen molar-refractivity contribution in [1.29, 1.82) is 0 Å². The molecule has 32 heavy (non-hydrogen) atoms. The molecule has 1 fully saturated rings. The van der Waals surface area contributed by atoms with Gasteiger partial charge in [-0.05, 0) is 68.1 Å². The summed E-state index contributed by atoms with van der Waals surface area (Å²) in [5.74, 6) is -0.0882. The van der Waals surface area contributed by atoms with Crippen LogP contribution >= 0.6 is 11.6 Å². The van der Waals surface area contributed by atoms with E-state index in [4.69, 9.17) is 11.6 Å². The molecule has 4 rings (SSSR count). The number of nitrogens with one attached hydrogen (secondary N) is 1. The van der Waals surface area contributed by atoms with Gasteiger partial charge in [-0.1, -0.05) is 23.2 Å². The minimum Gasteiger partial charge on any atom is -0.326 e. The van der Waals surface area contributed by atoms with E-state index >= 15 is 0 Å². The number of carbonyl (C=O) groups is 1. The molecule has 0 unspecified atom stereocenters. The zero-order valence-electron chi connectivity index (χ0n) is 17.9. The monoisotopic (exact) mass is 475 g/mol. The molecule has 0 radical (unpaired) electrons. The Morgan fingerprint density at radius 2 is 1.91 bits per heavy atom. The van der Waals surface area contributed by atoms with Gasteiger partial charge >= 0.3 is 0 Å². The zero-order valence-corrected chi connectivity index (χ0v) is 19.5. The van der Waals surface area contributed by atoms with Gasteiger partial charge in [-0.25, -0.2) is 13.1 Å². The fourth-order valence-electron chi connectivity index (χ4n) is 3.90. The second-order valence-electron chi connectivity index (χ2n) is 8.04. The lowest BCUT2D eigenvalue weighted by Crippen LogP contribution is -2.35. The van der Waals surface area contributed by atoms with Gasteiger partial charge in [0.1, 0.15) is 5.52 Å². The summed E-state index contributed by atoms with van der Waals surface area (Å²) in [5, 5.41) is 11.8. The predicted octanol–water partition coefficient (Wildman–Crippen LogP) is 3.99. The molecule has 1 saturated heterocycles. The van der Waals surface area contributed by atoms with Crippen molar-refractivity contribution in [3.8, 4) is 0 Å². The fourth-order valence-corrected chi connectivity index (χ4v) is 5.67. The Morgan fingerprint density at radius 3 is 2.66 bits per heavy atom. The Bertz CT molecular complexity index is 1240. The first-order valence-electron chi connectivity index (χ1n) is 10.7. The number of benzene rings is 2. The quantitative estimate of drug-likeness (QED) is 0.557. The molecule has 1 amide bonds. The van der Waals surface area contributed by atoms with Crippen LogP contribution in [0.1, 0.15) is 37.7 Å². The van der Waals surface area contributed by atoms with Gasteiger partial charge in [-0.3, -0.25) is 4.79 Å². The number of hydrogen-bond acceptors (Lipinski definition) is 5. The van der Waals surface area contributed by atoms with Gasteiger partial charge in [-0.15, -0.1) is 5.10 Å². The number of halogens is 1. The first-order valence-corrected chi connectivity index (χ1v) is 12.6. The number of piperidine rings is 1. The molecule has 1 aromatic heterocycles. The van der Waals surface area contributed by atoms with Gasteiger partial charge in [-0.2, -0.15) is 4.31 Å². The Morgan fingerprint density at radius 1 is 1.12 bits per heavy atom. The summed E-state index contributed by atoms with van der Waals surface area (Å²) >= 11 is 5.95. The average Bonchev–Trinajstić information content (AvgIpc) is 3.19. The second-order valence-corrected chi connectivity index (χ2v) is 10.4. The van der Waals surface area contributed by atoms with Crippen molar-refractivity contribution in [2.75, 3.05) is 18.4 Å². The van der Waals surface area contributed by atoms with Crippen LogP contribution in [0.2, 0.25) is 5.02 Å². The van der Waals surface area contributed by atoms with Gasteiger partial charge in [0.15, 0.2) is 0 Å².